The minimum atomic E-state index is 0.689. The zero-order valence-corrected chi connectivity index (χ0v) is 9.25. The fourth-order valence-corrected chi connectivity index (χ4v) is 1.24. The molecule has 0 aromatic heterocycles. The SMILES string of the molecule is COc1cc(NCCCN)cc(OC)c1. The van der Waals surface area contributed by atoms with Gasteiger partial charge in [0.15, 0.2) is 0 Å². The number of anilines is 1. The van der Waals surface area contributed by atoms with Crippen molar-refractivity contribution in [2.75, 3.05) is 32.6 Å². The van der Waals surface area contributed by atoms with Crippen molar-refractivity contribution in [2.45, 2.75) is 6.42 Å². The van der Waals surface area contributed by atoms with Crippen LogP contribution in [0.5, 0.6) is 11.5 Å². The zero-order chi connectivity index (χ0) is 11.1. The van der Waals surface area contributed by atoms with Gasteiger partial charge in [-0.2, -0.15) is 0 Å². The largest absolute Gasteiger partial charge is 0.497 e. The lowest BCUT2D eigenvalue weighted by Crippen LogP contribution is -2.08. The summed E-state index contributed by atoms with van der Waals surface area (Å²) in [7, 11) is 3.27. The standard InChI is InChI=1S/C11H18N2O2/c1-14-10-6-9(13-5-3-4-12)7-11(8-10)15-2/h6-8,13H,3-5,12H2,1-2H3. The van der Waals surface area contributed by atoms with E-state index in [1.807, 2.05) is 18.2 Å². The van der Waals surface area contributed by atoms with Gasteiger partial charge in [0.2, 0.25) is 0 Å². The van der Waals surface area contributed by atoms with Gasteiger partial charge in [0, 0.05) is 30.4 Å². The van der Waals surface area contributed by atoms with Crippen molar-refractivity contribution in [3.8, 4) is 11.5 Å². The Morgan fingerprint density at radius 3 is 2.20 bits per heavy atom. The Morgan fingerprint density at radius 2 is 1.73 bits per heavy atom. The summed E-state index contributed by atoms with van der Waals surface area (Å²) in [6.45, 7) is 1.54. The fourth-order valence-electron chi connectivity index (χ4n) is 1.24. The number of ether oxygens (including phenoxy) is 2. The van der Waals surface area contributed by atoms with Gasteiger partial charge >= 0.3 is 0 Å². The first kappa shape index (κ1) is 11.7. The molecule has 0 aliphatic heterocycles. The van der Waals surface area contributed by atoms with Crippen LogP contribution < -0.4 is 20.5 Å². The van der Waals surface area contributed by atoms with E-state index >= 15 is 0 Å². The highest BCUT2D eigenvalue weighted by molar-refractivity contribution is 5.53. The predicted molar refractivity (Wildman–Crippen MR) is 61.7 cm³/mol. The Bertz CT molecular complexity index is 280. The van der Waals surface area contributed by atoms with E-state index in [0.29, 0.717) is 6.54 Å². The van der Waals surface area contributed by atoms with Gasteiger partial charge in [0.25, 0.3) is 0 Å². The second kappa shape index (κ2) is 6.14. The summed E-state index contributed by atoms with van der Waals surface area (Å²) in [6, 6.07) is 5.70. The molecule has 1 aromatic carbocycles. The molecule has 0 bridgehead atoms. The van der Waals surface area contributed by atoms with Crippen LogP contribution in [-0.4, -0.2) is 27.3 Å². The van der Waals surface area contributed by atoms with Crippen molar-refractivity contribution in [1.82, 2.24) is 0 Å². The topological polar surface area (TPSA) is 56.5 Å². The van der Waals surface area contributed by atoms with E-state index in [0.717, 1.165) is 30.2 Å². The first-order chi connectivity index (χ1) is 7.30. The molecule has 84 valence electrons. The number of hydrogen-bond acceptors (Lipinski definition) is 4. The molecular weight excluding hydrogens is 192 g/mol. The third-order valence-corrected chi connectivity index (χ3v) is 2.06. The maximum absolute atomic E-state index is 5.42. The van der Waals surface area contributed by atoms with E-state index in [2.05, 4.69) is 5.32 Å². The van der Waals surface area contributed by atoms with Crippen molar-refractivity contribution in [3.63, 3.8) is 0 Å². The van der Waals surface area contributed by atoms with Crippen LogP contribution in [0.4, 0.5) is 5.69 Å². The molecule has 0 atom stereocenters. The summed E-state index contributed by atoms with van der Waals surface area (Å²) >= 11 is 0. The van der Waals surface area contributed by atoms with E-state index in [9.17, 15) is 0 Å². The van der Waals surface area contributed by atoms with Crippen LogP contribution in [0.25, 0.3) is 0 Å². The Labute approximate surface area is 90.4 Å². The first-order valence-corrected chi connectivity index (χ1v) is 4.97. The Morgan fingerprint density at radius 1 is 1.13 bits per heavy atom. The predicted octanol–water partition coefficient (Wildman–Crippen LogP) is 1.46. The molecule has 4 heteroatoms. The zero-order valence-electron chi connectivity index (χ0n) is 9.25. The molecular formula is C11H18N2O2. The third-order valence-electron chi connectivity index (χ3n) is 2.06. The summed E-state index contributed by atoms with van der Waals surface area (Å²) < 4.78 is 10.3. The van der Waals surface area contributed by atoms with E-state index in [4.69, 9.17) is 15.2 Å². The molecule has 0 saturated heterocycles. The molecule has 1 aromatic rings. The normalized spacial score (nSPS) is 9.80. The molecule has 3 N–H and O–H groups in total. The molecule has 0 aliphatic rings. The van der Waals surface area contributed by atoms with Gasteiger partial charge in [-0.15, -0.1) is 0 Å². The maximum Gasteiger partial charge on any atom is 0.124 e. The van der Waals surface area contributed by atoms with Crippen molar-refractivity contribution in [3.05, 3.63) is 18.2 Å². The van der Waals surface area contributed by atoms with Crippen LogP contribution >= 0.6 is 0 Å². The highest BCUT2D eigenvalue weighted by Crippen LogP contribution is 2.25. The van der Waals surface area contributed by atoms with E-state index in [-0.39, 0.29) is 0 Å². The lowest BCUT2D eigenvalue weighted by molar-refractivity contribution is 0.394. The van der Waals surface area contributed by atoms with Gasteiger partial charge in [-0.05, 0) is 13.0 Å². The van der Waals surface area contributed by atoms with E-state index in [1.165, 1.54) is 0 Å². The number of methoxy groups -OCH3 is 2. The Hall–Kier alpha value is -1.42. The van der Waals surface area contributed by atoms with E-state index < -0.39 is 0 Å². The molecule has 4 nitrogen and oxygen atoms in total. The van der Waals surface area contributed by atoms with Crippen molar-refractivity contribution < 1.29 is 9.47 Å². The molecule has 1 rings (SSSR count). The Kier molecular flexibility index (Phi) is 4.77. The van der Waals surface area contributed by atoms with Gasteiger partial charge in [-0.1, -0.05) is 0 Å². The number of nitrogens with one attached hydrogen (secondary N) is 1. The van der Waals surface area contributed by atoms with Crippen LogP contribution in [0, 0.1) is 0 Å². The number of benzene rings is 1. The molecule has 0 unspecified atom stereocenters. The first-order valence-electron chi connectivity index (χ1n) is 4.97. The molecule has 0 spiro atoms. The minimum absolute atomic E-state index is 0.689. The summed E-state index contributed by atoms with van der Waals surface area (Å²) in [5.74, 6) is 1.56. The number of hydrogen-bond donors (Lipinski definition) is 2. The molecule has 0 radical (unpaired) electrons. The average Bonchev–Trinajstić information content (AvgIpc) is 2.29. The van der Waals surface area contributed by atoms with Crippen molar-refractivity contribution >= 4 is 5.69 Å². The fraction of sp³-hybridized carbons (Fsp3) is 0.455. The van der Waals surface area contributed by atoms with Crippen LogP contribution in [0.3, 0.4) is 0 Å². The lowest BCUT2D eigenvalue weighted by Gasteiger charge is -2.10. The molecule has 0 saturated carbocycles. The Balaban J connectivity index is 2.68. The molecule has 15 heavy (non-hydrogen) atoms. The van der Waals surface area contributed by atoms with Gasteiger partial charge in [0.1, 0.15) is 11.5 Å². The molecule has 0 fully saturated rings. The van der Waals surface area contributed by atoms with Crippen molar-refractivity contribution in [2.24, 2.45) is 5.73 Å². The molecule has 0 heterocycles. The summed E-state index contributed by atoms with van der Waals surface area (Å²) in [5.41, 5.74) is 6.40. The van der Waals surface area contributed by atoms with E-state index in [1.54, 1.807) is 14.2 Å². The number of rotatable bonds is 6. The summed E-state index contributed by atoms with van der Waals surface area (Å²) in [5, 5.41) is 3.26. The smallest absolute Gasteiger partial charge is 0.124 e. The highest BCUT2D eigenvalue weighted by Gasteiger charge is 2.00. The molecule has 0 amide bonds. The molecule has 0 aliphatic carbocycles. The van der Waals surface area contributed by atoms with Crippen LogP contribution in [0.15, 0.2) is 18.2 Å². The summed E-state index contributed by atoms with van der Waals surface area (Å²) in [6.07, 6.45) is 0.944. The maximum atomic E-state index is 5.42. The average molecular weight is 210 g/mol. The summed E-state index contributed by atoms with van der Waals surface area (Å²) in [4.78, 5) is 0. The van der Waals surface area contributed by atoms with Crippen LogP contribution in [0.2, 0.25) is 0 Å². The van der Waals surface area contributed by atoms with Gasteiger partial charge in [-0.3, -0.25) is 0 Å². The third kappa shape index (κ3) is 3.67. The highest BCUT2D eigenvalue weighted by atomic mass is 16.5. The van der Waals surface area contributed by atoms with Crippen LogP contribution in [-0.2, 0) is 0 Å². The van der Waals surface area contributed by atoms with Gasteiger partial charge < -0.3 is 20.5 Å². The van der Waals surface area contributed by atoms with Crippen molar-refractivity contribution in [1.29, 1.82) is 0 Å². The van der Waals surface area contributed by atoms with Gasteiger partial charge in [0.05, 0.1) is 14.2 Å². The van der Waals surface area contributed by atoms with Gasteiger partial charge in [-0.25, -0.2) is 0 Å². The number of nitrogens with two attached hydrogens (primary N) is 1. The second-order valence-electron chi connectivity index (χ2n) is 3.17. The minimum Gasteiger partial charge on any atom is -0.497 e. The second-order valence-corrected chi connectivity index (χ2v) is 3.17. The lowest BCUT2D eigenvalue weighted by atomic mass is 10.2. The monoisotopic (exact) mass is 210 g/mol. The van der Waals surface area contributed by atoms with Crippen LogP contribution in [0.1, 0.15) is 6.42 Å². The quantitative estimate of drug-likeness (QED) is 0.698.